The van der Waals surface area contributed by atoms with E-state index < -0.39 is 36.0 Å². The van der Waals surface area contributed by atoms with Crippen LogP contribution in [0.15, 0.2) is 60.9 Å². The lowest BCUT2D eigenvalue weighted by molar-refractivity contribution is -0.143. The first-order chi connectivity index (χ1) is 25.2. The van der Waals surface area contributed by atoms with Crippen molar-refractivity contribution in [3.05, 3.63) is 88.7 Å². The molecule has 5 rings (SSSR count). The van der Waals surface area contributed by atoms with Crippen molar-refractivity contribution >= 4 is 11.9 Å². The third-order valence-electron chi connectivity index (χ3n) is 9.03. The molecule has 0 bridgehead atoms. The van der Waals surface area contributed by atoms with Crippen molar-refractivity contribution in [2.45, 2.75) is 69.9 Å². The molecular weight excluding hydrogens is 708 g/mol. The van der Waals surface area contributed by atoms with Gasteiger partial charge in [0.05, 0.1) is 51.5 Å². The van der Waals surface area contributed by atoms with E-state index in [2.05, 4.69) is 9.97 Å². The lowest BCUT2D eigenvalue weighted by Crippen LogP contribution is -2.25. The highest BCUT2D eigenvalue weighted by Gasteiger charge is 2.37. The Kier molecular flexibility index (Phi) is 12.2. The maximum Gasteiger partial charge on any atom is 0.416 e. The van der Waals surface area contributed by atoms with Crippen LogP contribution < -0.4 is 23.8 Å². The number of anilines is 1. The summed E-state index contributed by atoms with van der Waals surface area (Å²) in [6.45, 7) is -0.512. The van der Waals surface area contributed by atoms with Gasteiger partial charge in [0.1, 0.15) is 5.75 Å². The van der Waals surface area contributed by atoms with Crippen LogP contribution in [0.2, 0.25) is 0 Å². The van der Waals surface area contributed by atoms with E-state index in [9.17, 15) is 31.1 Å². The fourth-order valence-electron chi connectivity index (χ4n) is 6.45. The average Bonchev–Trinajstić information content (AvgIpc) is 3.67. The summed E-state index contributed by atoms with van der Waals surface area (Å²) in [5, 5.41) is 8.89. The number of ether oxygens (including phenoxy) is 4. The largest absolute Gasteiger partial charge is 0.496 e. The molecule has 3 aromatic carbocycles. The molecule has 0 spiro atoms. The lowest BCUT2D eigenvalue weighted by atomic mass is 9.91. The summed E-state index contributed by atoms with van der Waals surface area (Å²) in [6.07, 6.45) is -3.11. The molecule has 0 radical (unpaired) electrons. The van der Waals surface area contributed by atoms with E-state index in [-0.39, 0.29) is 49.3 Å². The Morgan fingerprint density at radius 2 is 1.40 bits per heavy atom. The van der Waals surface area contributed by atoms with Gasteiger partial charge in [-0.15, -0.1) is 0 Å². The number of halogens is 6. The smallest absolute Gasteiger partial charge is 0.416 e. The summed E-state index contributed by atoms with van der Waals surface area (Å²) in [5.41, 5.74) is -0.179. The highest BCUT2D eigenvalue weighted by molar-refractivity contribution is 5.77. The number of hydrogen-bond donors (Lipinski definition) is 1. The zero-order valence-electron chi connectivity index (χ0n) is 29.3. The molecule has 1 aromatic heterocycles. The second kappa shape index (κ2) is 16.6. The topological polar surface area (TPSA) is 103 Å². The highest BCUT2D eigenvalue weighted by Crippen LogP contribution is 2.44. The van der Waals surface area contributed by atoms with Crippen LogP contribution >= 0.6 is 0 Å². The molecule has 0 amide bonds. The van der Waals surface area contributed by atoms with Crippen LogP contribution in [0.5, 0.6) is 23.0 Å². The Balaban J connectivity index is 1.62. The monoisotopic (exact) mass is 747 g/mol. The molecule has 53 heavy (non-hydrogen) atoms. The number of carbonyl (C=O) groups is 1. The van der Waals surface area contributed by atoms with E-state index in [0.717, 1.165) is 31.2 Å². The Bertz CT molecular complexity index is 1850. The number of carboxylic acid groups (broad SMARTS) is 1. The van der Waals surface area contributed by atoms with Crippen molar-refractivity contribution in [3.8, 4) is 34.1 Å². The molecule has 1 aliphatic carbocycles. The van der Waals surface area contributed by atoms with Crippen LogP contribution in [-0.2, 0) is 30.2 Å². The van der Waals surface area contributed by atoms with Gasteiger partial charge < -0.3 is 29.0 Å². The molecule has 0 saturated heterocycles. The van der Waals surface area contributed by atoms with Gasteiger partial charge in [-0.05, 0) is 89.9 Å². The minimum Gasteiger partial charge on any atom is -0.496 e. The second-order valence-electron chi connectivity index (χ2n) is 12.6. The predicted molar refractivity (Wildman–Crippen MR) is 183 cm³/mol. The van der Waals surface area contributed by atoms with Crippen molar-refractivity contribution in [2.24, 2.45) is 0 Å². The first-order valence-electron chi connectivity index (χ1n) is 16.8. The molecule has 1 fully saturated rings. The van der Waals surface area contributed by atoms with E-state index in [4.69, 9.17) is 24.1 Å². The molecule has 0 aliphatic heterocycles. The van der Waals surface area contributed by atoms with Gasteiger partial charge in [0.15, 0.2) is 17.2 Å². The number of methoxy groups -OCH3 is 3. The van der Waals surface area contributed by atoms with Crippen LogP contribution in [0.3, 0.4) is 0 Å². The van der Waals surface area contributed by atoms with E-state index in [0.29, 0.717) is 52.0 Å². The van der Waals surface area contributed by atoms with Crippen molar-refractivity contribution in [3.63, 3.8) is 0 Å². The first kappa shape index (κ1) is 39.0. The minimum atomic E-state index is -5.05. The first-order valence-corrected chi connectivity index (χ1v) is 16.8. The fourth-order valence-corrected chi connectivity index (χ4v) is 6.45. The summed E-state index contributed by atoms with van der Waals surface area (Å²) in [7, 11) is 4.45. The van der Waals surface area contributed by atoms with E-state index in [1.165, 1.54) is 38.6 Å². The van der Waals surface area contributed by atoms with Crippen LogP contribution in [-0.4, -0.2) is 49.0 Å². The van der Waals surface area contributed by atoms with Gasteiger partial charge in [-0.2, -0.15) is 26.3 Å². The van der Waals surface area contributed by atoms with Crippen LogP contribution in [0.4, 0.5) is 32.3 Å². The summed E-state index contributed by atoms with van der Waals surface area (Å²) >= 11 is 0. The number of alkyl halides is 6. The van der Waals surface area contributed by atoms with Gasteiger partial charge in [0.2, 0.25) is 5.95 Å². The number of carboxylic acids is 1. The molecular formula is C38H39F6N3O6. The third kappa shape index (κ3) is 9.82. The highest BCUT2D eigenvalue weighted by atomic mass is 19.4. The molecule has 4 aromatic rings. The molecule has 9 nitrogen and oxygen atoms in total. The van der Waals surface area contributed by atoms with Crippen molar-refractivity contribution in [1.29, 1.82) is 0 Å². The SMILES string of the molecule is COc1cc(CN(Cc2cc(C(F)(F)F)cc(C(F)(F)F)c2)c2ncc(OCCCC(=O)O)cn2)c(-c2cc(C3CCCC3)ccc2OC)cc1OC. The van der Waals surface area contributed by atoms with Gasteiger partial charge >= 0.3 is 18.3 Å². The normalized spacial score (nSPS) is 13.5. The zero-order valence-corrected chi connectivity index (χ0v) is 29.3. The molecule has 0 unspecified atom stereocenters. The van der Waals surface area contributed by atoms with Crippen LogP contribution in [0.1, 0.15) is 72.3 Å². The maximum atomic E-state index is 13.9. The quantitative estimate of drug-likeness (QED) is 0.0942. The van der Waals surface area contributed by atoms with E-state index in [1.54, 1.807) is 12.1 Å². The Hall–Kier alpha value is -5.21. The van der Waals surface area contributed by atoms with Crippen LogP contribution in [0.25, 0.3) is 11.1 Å². The Labute approximate surface area is 302 Å². The number of benzene rings is 3. The van der Waals surface area contributed by atoms with E-state index >= 15 is 0 Å². The van der Waals surface area contributed by atoms with Gasteiger partial charge in [0, 0.05) is 25.1 Å². The standard InChI is InChI=1S/C38H39F6N3O6/c1-50-32-11-10-25(24-7-4-5-8-24)15-31(32)30-18-34(52-3)33(51-2)16-26(30)22-47(36-45-19-29(20-46-36)53-12-6-9-35(48)49)21-23-13-27(37(39,40)41)17-28(14-23)38(42,43)44/h10-11,13-20,24H,4-9,12,21-22H2,1-3H3,(H,48,49). The molecule has 1 N–H and O–H groups in total. The summed E-state index contributed by atoms with van der Waals surface area (Å²) in [6, 6.07) is 10.8. The number of nitrogens with zero attached hydrogens (tertiary/aromatic N) is 3. The van der Waals surface area contributed by atoms with E-state index in [1.807, 2.05) is 18.2 Å². The summed E-state index contributed by atoms with van der Waals surface area (Å²) < 4.78 is 106. The molecule has 284 valence electrons. The van der Waals surface area contributed by atoms with Gasteiger partial charge in [0.25, 0.3) is 0 Å². The van der Waals surface area contributed by atoms with Crippen molar-refractivity contribution < 1.29 is 55.2 Å². The van der Waals surface area contributed by atoms with Gasteiger partial charge in [-0.25, -0.2) is 9.97 Å². The summed E-state index contributed by atoms with van der Waals surface area (Å²) in [4.78, 5) is 21.0. The number of aromatic nitrogens is 2. The number of rotatable bonds is 15. The average molecular weight is 748 g/mol. The minimum absolute atomic E-state index is 0.0266. The number of aliphatic carboxylic acids is 1. The fraction of sp³-hybridized carbons (Fsp3) is 0.395. The Morgan fingerprint density at radius 1 is 0.792 bits per heavy atom. The molecule has 1 aliphatic rings. The summed E-state index contributed by atoms with van der Waals surface area (Å²) in [5.74, 6) is 0.790. The van der Waals surface area contributed by atoms with Crippen molar-refractivity contribution in [2.75, 3.05) is 32.8 Å². The maximum absolute atomic E-state index is 13.9. The molecule has 1 heterocycles. The molecule has 0 atom stereocenters. The molecule has 15 heteroatoms. The van der Waals surface area contributed by atoms with Gasteiger partial charge in [-0.3, -0.25) is 4.79 Å². The predicted octanol–water partition coefficient (Wildman–Crippen LogP) is 9.31. The Morgan fingerprint density at radius 3 is 1.96 bits per heavy atom. The third-order valence-corrected chi connectivity index (χ3v) is 9.03. The zero-order chi connectivity index (χ0) is 38.3. The molecule has 1 saturated carbocycles. The second-order valence-corrected chi connectivity index (χ2v) is 12.6. The van der Waals surface area contributed by atoms with Crippen LogP contribution in [0, 0.1) is 0 Å². The van der Waals surface area contributed by atoms with Crippen molar-refractivity contribution in [1.82, 2.24) is 9.97 Å². The van der Waals surface area contributed by atoms with Gasteiger partial charge in [-0.1, -0.05) is 18.9 Å². The number of hydrogen-bond acceptors (Lipinski definition) is 8. The lowest BCUT2D eigenvalue weighted by Gasteiger charge is -2.26.